The monoisotopic (exact) mass is 399 g/mol. The zero-order valence-corrected chi connectivity index (χ0v) is 17.0. The lowest BCUT2D eigenvalue weighted by molar-refractivity contribution is 0.126. The van der Waals surface area contributed by atoms with Crippen LogP contribution in [0.2, 0.25) is 0 Å². The molecule has 1 heterocycles. The highest BCUT2D eigenvalue weighted by molar-refractivity contribution is 5.97. The number of piperidine rings is 1. The number of nitrogens with one attached hydrogen (secondary N) is 4. The van der Waals surface area contributed by atoms with Crippen LogP contribution in [0, 0.1) is 16.7 Å². The summed E-state index contributed by atoms with van der Waals surface area (Å²) >= 11 is 0. The maximum absolute atomic E-state index is 12.9. The van der Waals surface area contributed by atoms with Crippen LogP contribution in [0.5, 0.6) is 0 Å². The van der Waals surface area contributed by atoms with Crippen LogP contribution in [0.3, 0.4) is 0 Å². The van der Waals surface area contributed by atoms with Crippen LogP contribution in [0.15, 0.2) is 24.3 Å². The Morgan fingerprint density at radius 3 is 2.31 bits per heavy atom. The summed E-state index contributed by atoms with van der Waals surface area (Å²) in [5.41, 5.74) is 12.2. The highest BCUT2D eigenvalue weighted by Crippen LogP contribution is 2.38. The number of rotatable bonds is 4. The molecule has 158 valence electrons. The van der Waals surface area contributed by atoms with Crippen LogP contribution in [0.25, 0.3) is 0 Å². The number of amides is 2. The minimum Gasteiger partial charge on any atom is -0.384 e. The SMILES string of the molecule is N=C(N)c1cccc(NC(=O)NC2(C3CCN(C(=N)N)CC3)CCCCCC2)c1. The minimum atomic E-state index is -0.221. The molecule has 1 aliphatic heterocycles. The third-order valence-corrected chi connectivity index (χ3v) is 6.41. The predicted octanol–water partition coefficient (Wildman–Crippen LogP) is 2.79. The first kappa shape index (κ1) is 21.0. The summed E-state index contributed by atoms with van der Waals surface area (Å²) < 4.78 is 0. The average molecular weight is 400 g/mol. The van der Waals surface area contributed by atoms with Crippen molar-refractivity contribution in [2.45, 2.75) is 56.9 Å². The van der Waals surface area contributed by atoms with Crippen LogP contribution in [-0.4, -0.2) is 41.4 Å². The Kier molecular flexibility index (Phi) is 6.61. The molecule has 3 rings (SSSR count). The van der Waals surface area contributed by atoms with Gasteiger partial charge in [0.2, 0.25) is 0 Å². The van der Waals surface area contributed by atoms with Gasteiger partial charge in [-0.15, -0.1) is 0 Å². The number of carbonyl (C=O) groups is 1. The van der Waals surface area contributed by atoms with E-state index in [9.17, 15) is 4.79 Å². The molecule has 29 heavy (non-hydrogen) atoms. The van der Waals surface area contributed by atoms with Crippen molar-refractivity contribution in [1.82, 2.24) is 10.2 Å². The van der Waals surface area contributed by atoms with E-state index in [1.165, 1.54) is 12.8 Å². The van der Waals surface area contributed by atoms with E-state index in [1.807, 2.05) is 4.90 Å². The van der Waals surface area contributed by atoms with Crippen molar-refractivity contribution in [1.29, 1.82) is 10.8 Å². The third-order valence-electron chi connectivity index (χ3n) is 6.41. The molecule has 8 heteroatoms. The van der Waals surface area contributed by atoms with E-state index in [0.717, 1.165) is 51.6 Å². The van der Waals surface area contributed by atoms with Crippen LogP contribution >= 0.6 is 0 Å². The number of benzene rings is 1. The lowest BCUT2D eigenvalue weighted by Gasteiger charge is -2.45. The van der Waals surface area contributed by atoms with E-state index in [0.29, 0.717) is 17.2 Å². The Bertz CT molecular complexity index is 747. The Morgan fingerprint density at radius 2 is 1.72 bits per heavy atom. The highest BCUT2D eigenvalue weighted by Gasteiger charge is 2.41. The van der Waals surface area contributed by atoms with Crippen molar-refractivity contribution in [3.8, 4) is 0 Å². The number of anilines is 1. The standard InChI is InChI=1S/C21H33N7O/c22-18(23)15-6-5-7-17(14-15)26-20(29)27-21(10-3-1-2-4-11-21)16-8-12-28(13-9-16)19(24)25/h5-7,14,16H,1-4,8-13H2,(H3,22,23)(H3,24,25)(H2,26,27,29). The maximum Gasteiger partial charge on any atom is 0.319 e. The lowest BCUT2D eigenvalue weighted by atomic mass is 9.73. The number of nitrogens with zero attached hydrogens (tertiary/aromatic N) is 1. The van der Waals surface area contributed by atoms with Gasteiger partial charge in [-0.3, -0.25) is 10.8 Å². The normalized spacial score (nSPS) is 19.8. The predicted molar refractivity (Wildman–Crippen MR) is 116 cm³/mol. The molecule has 0 atom stereocenters. The van der Waals surface area contributed by atoms with Gasteiger partial charge in [0.15, 0.2) is 5.96 Å². The molecule has 2 amide bonds. The number of hydrogen-bond acceptors (Lipinski definition) is 3. The first-order valence-electron chi connectivity index (χ1n) is 10.5. The van der Waals surface area contributed by atoms with Gasteiger partial charge in [-0.1, -0.05) is 37.8 Å². The summed E-state index contributed by atoms with van der Waals surface area (Å²) in [4.78, 5) is 14.8. The van der Waals surface area contributed by atoms with Gasteiger partial charge in [-0.2, -0.15) is 0 Å². The number of carbonyl (C=O) groups excluding carboxylic acids is 1. The molecule has 2 fully saturated rings. The molecule has 0 spiro atoms. The van der Waals surface area contributed by atoms with E-state index in [2.05, 4.69) is 10.6 Å². The smallest absolute Gasteiger partial charge is 0.319 e. The number of nitrogen functional groups attached to an aromatic ring is 1. The molecule has 2 aliphatic rings. The van der Waals surface area contributed by atoms with Gasteiger partial charge in [-0.25, -0.2) is 4.79 Å². The van der Waals surface area contributed by atoms with E-state index >= 15 is 0 Å². The quantitative estimate of drug-likeness (QED) is 0.263. The van der Waals surface area contributed by atoms with Crippen LogP contribution in [-0.2, 0) is 0 Å². The van der Waals surface area contributed by atoms with Crippen LogP contribution in [0.4, 0.5) is 10.5 Å². The number of nitrogens with two attached hydrogens (primary N) is 2. The van der Waals surface area contributed by atoms with Gasteiger partial charge in [0.05, 0.1) is 0 Å². The maximum atomic E-state index is 12.9. The third kappa shape index (κ3) is 5.19. The summed E-state index contributed by atoms with van der Waals surface area (Å²) in [6.45, 7) is 1.54. The van der Waals surface area contributed by atoms with Crippen LogP contribution < -0.4 is 22.1 Å². The number of urea groups is 1. The van der Waals surface area contributed by atoms with Gasteiger partial charge in [0, 0.05) is 29.9 Å². The van der Waals surface area contributed by atoms with Crippen molar-refractivity contribution < 1.29 is 4.79 Å². The molecule has 1 saturated heterocycles. The van der Waals surface area contributed by atoms with E-state index in [4.69, 9.17) is 22.3 Å². The molecule has 0 unspecified atom stereocenters. The van der Waals surface area contributed by atoms with E-state index < -0.39 is 0 Å². The molecule has 1 aromatic carbocycles. The summed E-state index contributed by atoms with van der Waals surface area (Å²) in [6, 6.07) is 6.85. The summed E-state index contributed by atoms with van der Waals surface area (Å²) in [5.74, 6) is 0.492. The second-order valence-electron chi connectivity index (χ2n) is 8.29. The fourth-order valence-corrected chi connectivity index (χ4v) is 4.82. The number of likely N-dealkylation sites (tertiary alicyclic amines) is 1. The summed E-state index contributed by atoms with van der Waals surface area (Å²) in [6.07, 6.45) is 8.48. The van der Waals surface area contributed by atoms with Crippen molar-refractivity contribution in [3.05, 3.63) is 29.8 Å². The zero-order chi connectivity index (χ0) is 20.9. The van der Waals surface area contributed by atoms with Crippen molar-refractivity contribution >= 4 is 23.5 Å². The first-order chi connectivity index (χ1) is 13.9. The first-order valence-corrected chi connectivity index (χ1v) is 10.5. The molecule has 0 bridgehead atoms. The van der Waals surface area contributed by atoms with Crippen LogP contribution in [0.1, 0.15) is 56.9 Å². The molecular formula is C21H33N7O. The Labute approximate surface area is 172 Å². The molecule has 1 aromatic rings. The largest absolute Gasteiger partial charge is 0.384 e. The Balaban J connectivity index is 1.72. The summed E-state index contributed by atoms with van der Waals surface area (Å²) in [5, 5.41) is 21.5. The number of hydrogen-bond donors (Lipinski definition) is 6. The molecule has 8 nitrogen and oxygen atoms in total. The minimum absolute atomic E-state index is 0.0217. The molecule has 8 N–H and O–H groups in total. The van der Waals surface area contributed by atoms with E-state index in [1.54, 1.807) is 24.3 Å². The number of guanidine groups is 1. The highest BCUT2D eigenvalue weighted by atomic mass is 16.2. The lowest BCUT2D eigenvalue weighted by Crippen LogP contribution is -2.57. The fourth-order valence-electron chi connectivity index (χ4n) is 4.82. The van der Waals surface area contributed by atoms with Gasteiger partial charge in [0.1, 0.15) is 5.84 Å². The molecule has 0 aromatic heterocycles. The second-order valence-corrected chi connectivity index (χ2v) is 8.29. The topological polar surface area (TPSA) is 144 Å². The van der Waals surface area contributed by atoms with Gasteiger partial charge in [0.25, 0.3) is 0 Å². The van der Waals surface area contributed by atoms with E-state index in [-0.39, 0.29) is 23.4 Å². The van der Waals surface area contributed by atoms with Crippen molar-refractivity contribution in [2.75, 3.05) is 18.4 Å². The average Bonchev–Trinajstić information content (AvgIpc) is 2.94. The van der Waals surface area contributed by atoms with Crippen molar-refractivity contribution in [3.63, 3.8) is 0 Å². The fraction of sp³-hybridized carbons (Fsp3) is 0.571. The van der Waals surface area contributed by atoms with Crippen molar-refractivity contribution in [2.24, 2.45) is 17.4 Å². The van der Waals surface area contributed by atoms with Gasteiger partial charge in [-0.05, 0) is 43.7 Å². The summed E-state index contributed by atoms with van der Waals surface area (Å²) in [7, 11) is 0. The number of amidine groups is 1. The molecule has 1 saturated carbocycles. The Morgan fingerprint density at radius 1 is 1.07 bits per heavy atom. The second kappa shape index (κ2) is 9.15. The molecule has 0 radical (unpaired) electrons. The Hall–Kier alpha value is -2.77. The molecule has 1 aliphatic carbocycles. The van der Waals surface area contributed by atoms with Gasteiger partial charge >= 0.3 is 6.03 Å². The van der Waals surface area contributed by atoms with Gasteiger partial charge < -0.3 is 27.0 Å². The zero-order valence-electron chi connectivity index (χ0n) is 17.0. The molecular weight excluding hydrogens is 366 g/mol.